The van der Waals surface area contributed by atoms with Crippen molar-refractivity contribution in [3.05, 3.63) is 21.9 Å². The first-order valence-corrected chi connectivity index (χ1v) is 10.1. The number of carbonyl (C=O) groups excluding carboxylic acids is 1. The van der Waals surface area contributed by atoms with Gasteiger partial charge in [0.2, 0.25) is 0 Å². The van der Waals surface area contributed by atoms with Crippen molar-refractivity contribution in [2.45, 2.75) is 38.4 Å². The molecule has 0 saturated carbocycles. The summed E-state index contributed by atoms with van der Waals surface area (Å²) in [6.07, 6.45) is -2.63. The number of nitrogens with zero attached hydrogens (tertiary/aromatic N) is 2. The van der Waals surface area contributed by atoms with E-state index in [0.717, 1.165) is 24.3 Å². The number of ether oxygens (including phenoxy) is 1. The SMILES string of the molecule is CCc1nc2c(c(OCC(F)(F)F)c(C(=O)NC3CCSCC3)n2C)c(=O)[nH]1. The predicted octanol–water partition coefficient (Wildman–Crippen LogP) is 2.39. The van der Waals surface area contributed by atoms with E-state index in [4.69, 9.17) is 4.74 Å². The fraction of sp³-hybridized carbons (Fsp3) is 0.588. The second kappa shape index (κ2) is 8.06. The number of amides is 1. The molecular formula is C17H21F3N4O3S. The molecule has 0 spiro atoms. The van der Waals surface area contributed by atoms with Crippen molar-refractivity contribution < 1.29 is 22.7 Å². The molecule has 0 aliphatic carbocycles. The molecule has 0 radical (unpaired) electrons. The number of aromatic amines is 1. The van der Waals surface area contributed by atoms with Crippen LogP contribution in [0.15, 0.2) is 4.79 Å². The van der Waals surface area contributed by atoms with Gasteiger partial charge >= 0.3 is 6.18 Å². The molecule has 7 nitrogen and oxygen atoms in total. The number of thioether (sulfide) groups is 1. The summed E-state index contributed by atoms with van der Waals surface area (Å²) in [5.41, 5.74) is -0.659. The van der Waals surface area contributed by atoms with Crippen LogP contribution in [0.3, 0.4) is 0 Å². The van der Waals surface area contributed by atoms with Crippen LogP contribution in [0, 0.1) is 0 Å². The number of hydrogen-bond acceptors (Lipinski definition) is 5. The molecule has 1 amide bonds. The number of carbonyl (C=O) groups is 1. The van der Waals surface area contributed by atoms with Gasteiger partial charge in [0, 0.05) is 19.5 Å². The van der Waals surface area contributed by atoms with E-state index in [1.54, 1.807) is 18.7 Å². The van der Waals surface area contributed by atoms with Crippen LogP contribution in [0.2, 0.25) is 0 Å². The molecule has 2 aromatic rings. The number of aromatic nitrogens is 3. The van der Waals surface area contributed by atoms with Crippen LogP contribution in [-0.4, -0.2) is 50.8 Å². The van der Waals surface area contributed by atoms with Crippen molar-refractivity contribution in [3.63, 3.8) is 0 Å². The van der Waals surface area contributed by atoms with E-state index in [2.05, 4.69) is 15.3 Å². The Hall–Kier alpha value is -2.17. The molecule has 3 heterocycles. The largest absolute Gasteiger partial charge is 0.481 e. The molecule has 28 heavy (non-hydrogen) atoms. The minimum atomic E-state index is -4.61. The first-order chi connectivity index (χ1) is 13.2. The lowest BCUT2D eigenvalue weighted by Crippen LogP contribution is -2.38. The molecule has 0 atom stereocenters. The van der Waals surface area contributed by atoms with Gasteiger partial charge in [-0.3, -0.25) is 9.59 Å². The van der Waals surface area contributed by atoms with E-state index in [9.17, 15) is 22.8 Å². The molecular weight excluding hydrogens is 397 g/mol. The number of hydrogen-bond donors (Lipinski definition) is 2. The maximum absolute atomic E-state index is 12.9. The first-order valence-electron chi connectivity index (χ1n) is 8.91. The second-order valence-corrected chi connectivity index (χ2v) is 7.79. The normalized spacial score (nSPS) is 15.8. The number of nitrogens with one attached hydrogen (secondary N) is 2. The zero-order chi connectivity index (χ0) is 20.5. The van der Waals surface area contributed by atoms with E-state index >= 15 is 0 Å². The van der Waals surface area contributed by atoms with Crippen LogP contribution in [-0.2, 0) is 13.5 Å². The average Bonchev–Trinajstić information content (AvgIpc) is 2.92. The predicted molar refractivity (Wildman–Crippen MR) is 100 cm³/mol. The lowest BCUT2D eigenvalue weighted by Gasteiger charge is -2.23. The Kier molecular flexibility index (Phi) is 5.92. The summed E-state index contributed by atoms with van der Waals surface area (Å²) in [5, 5.41) is 2.69. The molecule has 2 N–H and O–H groups in total. The van der Waals surface area contributed by atoms with Crippen LogP contribution in [0.1, 0.15) is 36.1 Å². The summed E-state index contributed by atoms with van der Waals surface area (Å²) in [7, 11) is 1.49. The minimum absolute atomic E-state index is 0.0697. The van der Waals surface area contributed by atoms with Gasteiger partial charge in [0.05, 0.1) is 0 Å². The number of fused-ring (bicyclic) bond motifs is 1. The highest BCUT2D eigenvalue weighted by molar-refractivity contribution is 7.99. The number of rotatable bonds is 5. The van der Waals surface area contributed by atoms with Gasteiger partial charge < -0.3 is 19.6 Å². The van der Waals surface area contributed by atoms with E-state index in [1.165, 1.54) is 11.6 Å². The summed E-state index contributed by atoms with van der Waals surface area (Å²) in [5.74, 6) is 1.20. The van der Waals surface area contributed by atoms with E-state index < -0.39 is 30.0 Å². The third-order valence-corrected chi connectivity index (χ3v) is 5.58. The molecule has 11 heteroatoms. The third-order valence-electron chi connectivity index (χ3n) is 4.53. The summed E-state index contributed by atoms with van der Waals surface area (Å²) >= 11 is 1.79. The van der Waals surface area contributed by atoms with Gasteiger partial charge in [0.25, 0.3) is 11.5 Å². The molecule has 0 bridgehead atoms. The molecule has 1 saturated heterocycles. The summed E-state index contributed by atoms with van der Waals surface area (Å²) in [4.78, 5) is 32.1. The minimum Gasteiger partial charge on any atom is -0.481 e. The van der Waals surface area contributed by atoms with Crippen molar-refractivity contribution in [2.24, 2.45) is 7.05 Å². The molecule has 0 unspecified atom stereocenters. The second-order valence-electron chi connectivity index (χ2n) is 6.57. The molecule has 1 aliphatic heterocycles. The highest BCUT2D eigenvalue weighted by Gasteiger charge is 2.33. The van der Waals surface area contributed by atoms with Crippen LogP contribution in [0.5, 0.6) is 5.75 Å². The van der Waals surface area contributed by atoms with Gasteiger partial charge in [-0.2, -0.15) is 24.9 Å². The fourth-order valence-corrected chi connectivity index (χ4v) is 4.25. The zero-order valence-electron chi connectivity index (χ0n) is 15.5. The standard InChI is InChI=1S/C17H21F3N4O3S/c1-3-10-22-14-11(15(25)23-10)13(27-8-17(18,19)20)12(24(14)2)16(26)21-9-4-6-28-7-5-9/h9H,3-8H2,1-2H3,(H,21,26)(H,22,23,25). The van der Waals surface area contributed by atoms with Gasteiger partial charge in [-0.15, -0.1) is 0 Å². The molecule has 2 aromatic heterocycles. The number of halogens is 3. The van der Waals surface area contributed by atoms with Crippen molar-refractivity contribution in [1.82, 2.24) is 19.9 Å². The van der Waals surface area contributed by atoms with Crippen LogP contribution in [0.25, 0.3) is 11.0 Å². The van der Waals surface area contributed by atoms with Gasteiger partial charge in [0.15, 0.2) is 23.7 Å². The van der Waals surface area contributed by atoms with Crippen molar-refractivity contribution in [2.75, 3.05) is 18.1 Å². The van der Waals surface area contributed by atoms with E-state index in [1.807, 2.05) is 0 Å². The molecule has 3 rings (SSSR count). The van der Waals surface area contributed by atoms with Crippen LogP contribution < -0.4 is 15.6 Å². The van der Waals surface area contributed by atoms with Crippen molar-refractivity contribution >= 4 is 28.7 Å². The van der Waals surface area contributed by atoms with E-state index in [0.29, 0.717) is 12.2 Å². The number of aryl methyl sites for hydroxylation is 2. The maximum atomic E-state index is 12.9. The quantitative estimate of drug-likeness (QED) is 0.779. The van der Waals surface area contributed by atoms with Crippen LogP contribution in [0.4, 0.5) is 13.2 Å². The van der Waals surface area contributed by atoms with Crippen LogP contribution >= 0.6 is 11.8 Å². The molecule has 154 valence electrons. The number of alkyl halides is 3. The monoisotopic (exact) mass is 418 g/mol. The van der Waals surface area contributed by atoms with E-state index in [-0.39, 0.29) is 22.8 Å². The van der Waals surface area contributed by atoms with Gasteiger partial charge in [-0.1, -0.05) is 6.92 Å². The Balaban J connectivity index is 2.07. The Morgan fingerprint density at radius 2 is 2.07 bits per heavy atom. The Bertz CT molecular complexity index is 932. The number of H-pyrrole nitrogens is 1. The Morgan fingerprint density at radius 1 is 1.39 bits per heavy atom. The molecule has 1 aliphatic rings. The summed E-state index contributed by atoms with van der Waals surface area (Å²) in [6, 6.07) is -0.0697. The summed E-state index contributed by atoms with van der Waals surface area (Å²) in [6.45, 7) is 0.171. The van der Waals surface area contributed by atoms with Gasteiger partial charge in [0.1, 0.15) is 11.2 Å². The van der Waals surface area contributed by atoms with Crippen molar-refractivity contribution in [3.8, 4) is 5.75 Å². The topological polar surface area (TPSA) is 89.0 Å². The molecule has 1 fully saturated rings. The smallest absolute Gasteiger partial charge is 0.422 e. The first kappa shape index (κ1) is 20.6. The highest BCUT2D eigenvalue weighted by atomic mass is 32.2. The third kappa shape index (κ3) is 4.29. The average molecular weight is 418 g/mol. The molecule has 0 aromatic carbocycles. The highest BCUT2D eigenvalue weighted by Crippen LogP contribution is 2.31. The zero-order valence-corrected chi connectivity index (χ0v) is 16.3. The maximum Gasteiger partial charge on any atom is 0.422 e. The van der Waals surface area contributed by atoms with Gasteiger partial charge in [-0.25, -0.2) is 4.98 Å². The summed E-state index contributed by atoms with van der Waals surface area (Å²) < 4.78 is 44.5. The Labute approximate surface area is 163 Å². The lowest BCUT2D eigenvalue weighted by molar-refractivity contribution is -0.153. The lowest BCUT2D eigenvalue weighted by atomic mass is 10.1. The van der Waals surface area contributed by atoms with Crippen molar-refractivity contribution in [1.29, 1.82) is 0 Å². The Morgan fingerprint density at radius 3 is 2.68 bits per heavy atom. The van der Waals surface area contributed by atoms with Gasteiger partial charge in [-0.05, 0) is 24.3 Å². The fourth-order valence-electron chi connectivity index (χ4n) is 3.14.